The van der Waals surface area contributed by atoms with Gasteiger partial charge in [0.1, 0.15) is 11.3 Å². The first kappa shape index (κ1) is 25.6. The zero-order chi connectivity index (χ0) is 24.2. The van der Waals surface area contributed by atoms with Crippen molar-refractivity contribution in [1.82, 2.24) is 5.32 Å². The topological polar surface area (TPSA) is 102 Å². The van der Waals surface area contributed by atoms with Crippen molar-refractivity contribution >= 4 is 11.9 Å². The van der Waals surface area contributed by atoms with Gasteiger partial charge in [-0.2, -0.15) is 0 Å². The van der Waals surface area contributed by atoms with Gasteiger partial charge in [-0.15, -0.1) is 0 Å². The summed E-state index contributed by atoms with van der Waals surface area (Å²) in [6, 6.07) is 8.62. The molecule has 1 amide bonds. The zero-order valence-electron chi connectivity index (χ0n) is 19.7. The van der Waals surface area contributed by atoms with Gasteiger partial charge in [-0.1, -0.05) is 6.07 Å². The normalized spacial score (nSPS) is 10.2. The fourth-order valence-corrected chi connectivity index (χ4v) is 3.05. The van der Waals surface area contributed by atoms with Crippen LogP contribution in [-0.4, -0.2) is 59.6 Å². The van der Waals surface area contributed by atoms with Gasteiger partial charge < -0.3 is 33.7 Å². The second kappa shape index (κ2) is 13.0. The molecular formula is C24H31NO8. The number of nitrogens with one attached hydrogen (secondary N) is 1. The lowest BCUT2D eigenvalue weighted by Crippen LogP contribution is -2.30. The van der Waals surface area contributed by atoms with E-state index in [-0.39, 0.29) is 11.3 Å². The van der Waals surface area contributed by atoms with E-state index in [0.717, 1.165) is 5.56 Å². The Bertz CT molecular complexity index is 944. The SMILES string of the molecule is CCOc1ccc(CCNC(=O)COC(=O)c2cc(OC)c(OC)cc2OC)cc1OCC. The Morgan fingerprint density at radius 3 is 2.06 bits per heavy atom. The minimum Gasteiger partial charge on any atom is -0.496 e. The van der Waals surface area contributed by atoms with Crippen molar-refractivity contribution < 1.29 is 38.0 Å². The van der Waals surface area contributed by atoms with Crippen molar-refractivity contribution in [3.8, 4) is 28.7 Å². The lowest BCUT2D eigenvalue weighted by Gasteiger charge is -2.14. The van der Waals surface area contributed by atoms with Gasteiger partial charge in [0.2, 0.25) is 0 Å². The van der Waals surface area contributed by atoms with Crippen molar-refractivity contribution in [2.45, 2.75) is 20.3 Å². The highest BCUT2D eigenvalue weighted by Gasteiger charge is 2.20. The fraction of sp³-hybridized carbons (Fsp3) is 0.417. The third-order valence-electron chi connectivity index (χ3n) is 4.60. The number of benzene rings is 2. The Hall–Kier alpha value is -3.62. The van der Waals surface area contributed by atoms with Crippen molar-refractivity contribution in [3.05, 3.63) is 41.5 Å². The predicted molar refractivity (Wildman–Crippen MR) is 122 cm³/mol. The molecule has 0 fully saturated rings. The molecule has 0 bridgehead atoms. The van der Waals surface area contributed by atoms with Crippen molar-refractivity contribution in [3.63, 3.8) is 0 Å². The largest absolute Gasteiger partial charge is 0.496 e. The maximum atomic E-state index is 12.5. The van der Waals surface area contributed by atoms with E-state index in [0.29, 0.717) is 49.2 Å². The van der Waals surface area contributed by atoms with Crippen LogP contribution < -0.4 is 29.0 Å². The molecule has 0 aliphatic carbocycles. The minimum absolute atomic E-state index is 0.126. The summed E-state index contributed by atoms with van der Waals surface area (Å²) < 4.78 is 31.9. The summed E-state index contributed by atoms with van der Waals surface area (Å²) in [5, 5.41) is 2.73. The van der Waals surface area contributed by atoms with Gasteiger partial charge in [0.05, 0.1) is 34.5 Å². The van der Waals surface area contributed by atoms with Crippen LogP contribution in [-0.2, 0) is 16.0 Å². The van der Waals surface area contributed by atoms with Crippen LogP contribution >= 0.6 is 0 Å². The number of amides is 1. The van der Waals surface area contributed by atoms with E-state index in [2.05, 4.69) is 5.32 Å². The van der Waals surface area contributed by atoms with Crippen LogP contribution in [0.25, 0.3) is 0 Å². The molecule has 9 nitrogen and oxygen atoms in total. The molecule has 0 aromatic heterocycles. The molecular weight excluding hydrogens is 430 g/mol. The van der Waals surface area contributed by atoms with Gasteiger partial charge in [0, 0.05) is 18.7 Å². The van der Waals surface area contributed by atoms with Crippen molar-refractivity contribution in [1.29, 1.82) is 0 Å². The highest BCUT2D eigenvalue weighted by atomic mass is 16.5. The second-order valence-corrected chi connectivity index (χ2v) is 6.73. The Labute approximate surface area is 193 Å². The van der Waals surface area contributed by atoms with E-state index in [1.54, 1.807) is 0 Å². The molecule has 33 heavy (non-hydrogen) atoms. The fourth-order valence-electron chi connectivity index (χ4n) is 3.05. The molecule has 0 saturated carbocycles. The third kappa shape index (κ3) is 7.20. The van der Waals surface area contributed by atoms with Gasteiger partial charge >= 0.3 is 5.97 Å². The van der Waals surface area contributed by atoms with Gasteiger partial charge in [0.25, 0.3) is 5.91 Å². The van der Waals surface area contributed by atoms with Gasteiger partial charge in [-0.05, 0) is 38.0 Å². The monoisotopic (exact) mass is 461 g/mol. The number of esters is 1. The molecule has 1 N–H and O–H groups in total. The lowest BCUT2D eigenvalue weighted by molar-refractivity contribution is -0.124. The van der Waals surface area contributed by atoms with E-state index >= 15 is 0 Å². The number of hydrogen-bond donors (Lipinski definition) is 1. The summed E-state index contributed by atoms with van der Waals surface area (Å²) >= 11 is 0. The number of methoxy groups -OCH3 is 3. The van der Waals surface area contributed by atoms with Gasteiger partial charge in [-0.3, -0.25) is 4.79 Å². The number of rotatable bonds is 13. The molecule has 0 radical (unpaired) electrons. The Morgan fingerprint density at radius 2 is 1.42 bits per heavy atom. The molecule has 2 rings (SSSR count). The third-order valence-corrected chi connectivity index (χ3v) is 4.60. The van der Waals surface area contributed by atoms with Crippen LogP contribution in [0.4, 0.5) is 0 Å². The Morgan fingerprint density at radius 1 is 0.788 bits per heavy atom. The van der Waals surface area contributed by atoms with Crippen LogP contribution in [0, 0.1) is 0 Å². The van der Waals surface area contributed by atoms with E-state index in [1.807, 2.05) is 32.0 Å². The second-order valence-electron chi connectivity index (χ2n) is 6.73. The van der Waals surface area contributed by atoms with E-state index in [1.165, 1.54) is 33.5 Å². The molecule has 2 aromatic carbocycles. The van der Waals surface area contributed by atoms with Crippen LogP contribution in [0.1, 0.15) is 29.8 Å². The first-order chi connectivity index (χ1) is 16.0. The average Bonchev–Trinajstić information content (AvgIpc) is 2.83. The molecule has 180 valence electrons. The summed E-state index contributed by atoms with van der Waals surface area (Å²) in [6.45, 7) is 4.83. The summed E-state index contributed by atoms with van der Waals surface area (Å²) in [6.07, 6.45) is 0.579. The number of carbonyl (C=O) groups excluding carboxylic acids is 2. The lowest BCUT2D eigenvalue weighted by atomic mass is 10.1. The first-order valence-electron chi connectivity index (χ1n) is 10.6. The van der Waals surface area contributed by atoms with E-state index in [4.69, 9.17) is 28.4 Å². The number of carbonyl (C=O) groups is 2. The smallest absolute Gasteiger partial charge is 0.342 e. The van der Waals surface area contributed by atoms with Crippen LogP contribution in [0.15, 0.2) is 30.3 Å². The van der Waals surface area contributed by atoms with Crippen LogP contribution in [0.3, 0.4) is 0 Å². The van der Waals surface area contributed by atoms with E-state index < -0.39 is 18.5 Å². The summed E-state index contributed by atoms with van der Waals surface area (Å²) in [5.41, 5.74) is 1.11. The van der Waals surface area contributed by atoms with Gasteiger partial charge in [0.15, 0.2) is 29.6 Å². The maximum Gasteiger partial charge on any atom is 0.342 e. The zero-order valence-corrected chi connectivity index (χ0v) is 19.7. The molecule has 9 heteroatoms. The van der Waals surface area contributed by atoms with Crippen LogP contribution in [0.2, 0.25) is 0 Å². The molecule has 0 atom stereocenters. The van der Waals surface area contributed by atoms with E-state index in [9.17, 15) is 9.59 Å². The Balaban J connectivity index is 1.90. The van der Waals surface area contributed by atoms with Crippen molar-refractivity contribution in [2.75, 3.05) is 47.7 Å². The molecule has 0 heterocycles. The standard InChI is InChI=1S/C24H31NO8/c1-6-31-18-9-8-16(12-22(18)32-7-2)10-11-25-23(26)15-33-24(27)17-13-20(29-4)21(30-5)14-19(17)28-3/h8-9,12-14H,6-7,10-11,15H2,1-5H3,(H,25,26). The summed E-state index contributed by atoms with van der Waals surface area (Å²) in [5.74, 6) is 1.22. The summed E-state index contributed by atoms with van der Waals surface area (Å²) in [7, 11) is 4.35. The number of hydrogen-bond acceptors (Lipinski definition) is 8. The number of ether oxygens (including phenoxy) is 6. The predicted octanol–water partition coefficient (Wildman–Crippen LogP) is 3.03. The molecule has 0 aliphatic heterocycles. The minimum atomic E-state index is -0.712. The molecule has 0 saturated heterocycles. The summed E-state index contributed by atoms with van der Waals surface area (Å²) in [4.78, 5) is 24.6. The Kier molecular flexibility index (Phi) is 10.1. The quantitative estimate of drug-likeness (QED) is 0.454. The molecule has 0 aliphatic rings. The molecule has 2 aromatic rings. The molecule has 0 spiro atoms. The maximum absolute atomic E-state index is 12.5. The van der Waals surface area contributed by atoms with Crippen molar-refractivity contribution in [2.24, 2.45) is 0 Å². The van der Waals surface area contributed by atoms with Crippen LogP contribution in [0.5, 0.6) is 28.7 Å². The average molecular weight is 462 g/mol. The molecule has 0 unspecified atom stereocenters. The highest BCUT2D eigenvalue weighted by molar-refractivity contribution is 5.95. The first-order valence-corrected chi connectivity index (χ1v) is 10.6. The van der Waals surface area contributed by atoms with Gasteiger partial charge in [-0.25, -0.2) is 4.79 Å². The highest BCUT2D eigenvalue weighted by Crippen LogP contribution is 2.35.